The Labute approximate surface area is 377 Å². The van der Waals surface area contributed by atoms with Crippen molar-refractivity contribution in [1.29, 1.82) is 0 Å². The molecule has 2 aliphatic heterocycles. The number of nitrogens with one attached hydrogen (secondary N) is 3. The van der Waals surface area contributed by atoms with Crippen molar-refractivity contribution >= 4 is 64.2 Å². The number of alkyl carbamates (subject to hydrolysis) is 1. The minimum absolute atomic E-state index is 0.00791. The molecule has 8 rings (SSSR count). The number of allylic oxidation sites excluding steroid dienone is 1. The van der Waals surface area contributed by atoms with E-state index in [1.165, 1.54) is 16.2 Å². The third kappa shape index (κ3) is 10.2. The number of carbonyl (C=O) groups is 3. The van der Waals surface area contributed by atoms with Gasteiger partial charge in [-0.3, -0.25) is 14.2 Å². The fraction of sp³-hybridized carbons (Fsp3) is 0.500. The number of pyridine rings is 1. The van der Waals surface area contributed by atoms with Crippen molar-refractivity contribution in [2.45, 2.75) is 126 Å². The number of fused-ring (bicyclic) bond motifs is 3. The summed E-state index contributed by atoms with van der Waals surface area (Å²) in [5.74, 6) is -0.334. The molecule has 2 aliphatic carbocycles. The van der Waals surface area contributed by atoms with Crippen LogP contribution in [0.15, 0.2) is 66.1 Å². The number of rotatable bonds is 11. The van der Waals surface area contributed by atoms with Crippen LogP contribution in [0.4, 0.5) is 9.93 Å². The molecule has 14 nitrogen and oxygen atoms in total. The third-order valence-corrected chi connectivity index (χ3v) is 16.3. The lowest BCUT2D eigenvalue weighted by atomic mass is 10.0. The molecule has 0 bridgehead atoms. The Morgan fingerprint density at radius 1 is 1.05 bits per heavy atom. The molecule has 6 atom stereocenters. The molecule has 336 valence electrons. The lowest BCUT2D eigenvalue weighted by molar-refractivity contribution is -0.140. The first-order chi connectivity index (χ1) is 30.3. The smallest absolute Gasteiger partial charge is 0.408 e. The van der Waals surface area contributed by atoms with Crippen molar-refractivity contribution in [1.82, 2.24) is 25.5 Å². The molecule has 3 fully saturated rings. The van der Waals surface area contributed by atoms with Gasteiger partial charge in [-0.15, -0.1) is 11.3 Å². The number of hydrogen-bond donors (Lipinski definition) is 4. The van der Waals surface area contributed by atoms with Crippen LogP contribution in [0.1, 0.15) is 90.0 Å². The number of aromatic nitrogens is 2. The van der Waals surface area contributed by atoms with E-state index in [9.17, 15) is 23.8 Å². The summed E-state index contributed by atoms with van der Waals surface area (Å²) in [6.45, 7) is 4.09. The fourth-order valence-electron chi connectivity index (χ4n) is 9.06. The molecule has 2 aromatic heterocycles. The summed E-state index contributed by atoms with van der Waals surface area (Å²) in [7, 11) is -2.59. The molecule has 2 saturated carbocycles. The van der Waals surface area contributed by atoms with Crippen LogP contribution in [-0.2, 0) is 25.1 Å². The van der Waals surface area contributed by atoms with Crippen molar-refractivity contribution < 1.29 is 38.1 Å². The number of methoxy groups -OCH3 is 1. The van der Waals surface area contributed by atoms with Crippen LogP contribution in [0.5, 0.6) is 11.5 Å². The predicted octanol–water partition coefficient (Wildman–Crippen LogP) is 9.05. The predicted molar refractivity (Wildman–Crippen MR) is 245 cm³/mol. The number of hydrogen-bond acceptors (Lipinski definition) is 11. The second-order valence-corrected chi connectivity index (χ2v) is 21.2. The Hall–Kier alpha value is -4.69. The van der Waals surface area contributed by atoms with Gasteiger partial charge in [-0.05, 0) is 89.0 Å². The molecular formula is C46H56ClN6O8PS. The summed E-state index contributed by atoms with van der Waals surface area (Å²) < 4.78 is 32.7. The molecule has 4 aliphatic rings. The van der Waals surface area contributed by atoms with Gasteiger partial charge in [-0.2, -0.15) is 0 Å². The average Bonchev–Trinajstić information content (AvgIpc) is 3.66. The Balaban J connectivity index is 1.13. The first-order valence-corrected chi connectivity index (χ1v) is 25.1. The normalized spacial score (nSPS) is 25.8. The zero-order valence-corrected chi connectivity index (χ0v) is 38.4. The third-order valence-electron chi connectivity index (χ3n) is 12.5. The topological polar surface area (TPSA) is 181 Å². The van der Waals surface area contributed by atoms with Gasteiger partial charge in [0.2, 0.25) is 19.2 Å². The zero-order valence-electron chi connectivity index (χ0n) is 35.9. The summed E-state index contributed by atoms with van der Waals surface area (Å²) in [6.07, 6.45) is 9.31. The molecular weight excluding hydrogens is 863 g/mol. The minimum atomic E-state index is -4.17. The monoisotopic (exact) mass is 918 g/mol. The Kier molecular flexibility index (Phi) is 13.7. The Morgan fingerprint density at radius 2 is 1.84 bits per heavy atom. The highest BCUT2D eigenvalue weighted by molar-refractivity contribution is 7.59. The van der Waals surface area contributed by atoms with Crippen LogP contribution in [0.2, 0.25) is 5.02 Å². The maximum atomic E-state index is 14.9. The van der Waals surface area contributed by atoms with E-state index in [4.69, 9.17) is 35.8 Å². The molecule has 0 radical (unpaired) electrons. The van der Waals surface area contributed by atoms with Crippen molar-refractivity contribution in [3.8, 4) is 22.9 Å². The average molecular weight is 919 g/mol. The highest BCUT2D eigenvalue weighted by Gasteiger charge is 2.66. The molecule has 63 heavy (non-hydrogen) atoms. The number of nitrogens with zero attached hydrogens (tertiary/aromatic N) is 3. The van der Waals surface area contributed by atoms with E-state index in [2.05, 4.69) is 16.0 Å². The standard InChI is InChI=1S/C46H56ClN6O8PS/c1-28(2)48-44-50-39(27-63-44)38-23-41(34-20-19-32(59-3)21-37(34)49-38)60-33-22-40-42(54)52-46(62(57,58)26-29-13-9-12-17-35(29)47)24-30(46)14-7-5-4-6-8-18-36(43(55)53(40)25-33)51-45(56)61-31-15-10-11-16-31/h7,9,12-14,17,19-21,23,27-28,30-31,33,36,40H,4-6,8,10-11,15-16,18,22,24-26H2,1-3H3,(H,48,50)(H,51,56)(H,52,54)(H,57,58)/b14-7-/t30-,33-,36+,40+,46+/m1/s1. The van der Waals surface area contributed by atoms with Gasteiger partial charge in [0.25, 0.3) is 0 Å². The number of amides is 3. The van der Waals surface area contributed by atoms with Crippen LogP contribution in [0.25, 0.3) is 22.3 Å². The summed E-state index contributed by atoms with van der Waals surface area (Å²) in [4.78, 5) is 66.2. The highest BCUT2D eigenvalue weighted by atomic mass is 35.5. The number of thiazole rings is 1. The molecule has 17 heteroatoms. The lowest BCUT2D eigenvalue weighted by Crippen LogP contribution is -2.55. The molecule has 2 aromatic carbocycles. The van der Waals surface area contributed by atoms with E-state index in [1.807, 2.05) is 55.6 Å². The summed E-state index contributed by atoms with van der Waals surface area (Å²) in [6, 6.07) is 12.3. The van der Waals surface area contributed by atoms with Gasteiger partial charge >= 0.3 is 6.09 Å². The Morgan fingerprint density at radius 3 is 2.62 bits per heavy atom. The number of carbonyl (C=O) groups excluding carboxylic acids is 3. The summed E-state index contributed by atoms with van der Waals surface area (Å²) in [5, 5.41) is 11.5. The van der Waals surface area contributed by atoms with E-state index in [0.29, 0.717) is 57.2 Å². The maximum absolute atomic E-state index is 14.9. The first kappa shape index (κ1) is 44.9. The van der Waals surface area contributed by atoms with Crippen LogP contribution >= 0.6 is 30.3 Å². The number of halogens is 1. The molecule has 4 aromatic rings. The second kappa shape index (κ2) is 19.2. The van der Waals surface area contributed by atoms with Gasteiger partial charge in [0, 0.05) is 46.3 Å². The van der Waals surface area contributed by atoms with Crippen molar-refractivity contribution in [3.63, 3.8) is 0 Å². The van der Waals surface area contributed by atoms with Crippen molar-refractivity contribution in [2.75, 3.05) is 19.0 Å². The van der Waals surface area contributed by atoms with E-state index in [-0.39, 0.29) is 37.7 Å². The van der Waals surface area contributed by atoms with E-state index < -0.39 is 54.7 Å². The fourth-order valence-corrected chi connectivity index (χ4v) is 12.6. The summed E-state index contributed by atoms with van der Waals surface area (Å²) >= 11 is 7.96. The molecule has 1 saturated heterocycles. The summed E-state index contributed by atoms with van der Waals surface area (Å²) in [5.41, 5.74) is 2.33. The van der Waals surface area contributed by atoms with Gasteiger partial charge in [0.05, 0.1) is 31.0 Å². The Bertz CT molecular complexity index is 2410. The van der Waals surface area contributed by atoms with Gasteiger partial charge in [0.15, 0.2) is 5.13 Å². The number of ether oxygens (including phenoxy) is 3. The van der Waals surface area contributed by atoms with Crippen LogP contribution in [0.3, 0.4) is 0 Å². The van der Waals surface area contributed by atoms with Crippen molar-refractivity contribution in [2.24, 2.45) is 5.92 Å². The molecule has 4 N–H and O–H groups in total. The van der Waals surface area contributed by atoms with E-state index in [0.717, 1.165) is 50.1 Å². The SMILES string of the molecule is COc1ccc2c(O[C@@H]3C[C@H]4C(=O)N[C@]5(P(=O)(O)Cc6ccccc6Cl)C[C@H]5/C=C\CCCCC[C@H](NC(=O)OC5CCCC5)C(=O)N4C3)cc(-c3csc(NC(C)C)n3)nc2c1. The van der Waals surface area contributed by atoms with Crippen LogP contribution < -0.4 is 25.4 Å². The van der Waals surface area contributed by atoms with Crippen LogP contribution in [-0.4, -0.2) is 86.9 Å². The number of anilines is 1. The molecule has 4 heterocycles. The largest absolute Gasteiger partial charge is 0.497 e. The second-order valence-electron chi connectivity index (χ2n) is 17.5. The lowest BCUT2D eigenvalue weighted by Gasteiger charge is -2.31. The molecule has 3 amide bonds. The van der Waals surface area contributed by atoms with Gasteiger partial charge in [0.1, 0.15) is 46.8 Å². The molecule has 1 unspecified atom stereocenters. The van der Waals surface area contributed by atoms with Gasteiger partial charge in [-0.1, -0.05) is 54.8 Å². The quantitative estimate of drug-likeness (QED) is 0.0833. The van der Waals surface area contributed by atoms with Gasteiger partial charge in [-0.25, -0.2) is 14.8 Å². The van der Waals surface area contributed by atoms with Crippen molar-refractivity contribution in [3.05, 3.63) is 76.6 Å². The van der Waals surface area contributed by atoms with Gasteiger partial charge < -0.3 is 40.0 Å². The number of benzene rings is 2. The van der Waals surface area contributed by atoms with E-state index in [1.54, 1.807) is 31.4 Å². The minimum Gasteiger partial charge on any atom is -0.497 e. The first-order valence-electron chi connectivity index (χ1n) is 22.0. The molecule has 0 spiro atoms. The zero-order chi connectivity index (χ0) is 44.3. The highest BCUT2D eigenvalue weighted by Crippen LogP contribution is 2.71. The van der Waals surface area contributed by atoms with E-state index >= 15 is 0 Å². The maximum Gasteiger partial charge on any atom is 0.408 e. The van der Waals surface area contributed by atoms with Crippen LogP contribution in [0, 0.1) is 5.92 Å².